The van der Waals surface area contributed by atoms with Crippen molar-refractivity contribution in [1.82, 2.24) is 0 Å². The molecule has 0 heterocycles. The van der Waals surface area contributed by atoms with Crippen LogP contribution in [0.1, 0.15) is 16.7 Å². The molecule has 0 spiro atoms. The molecule has 0 aromatic heterocycles. The van der Waals surface area contributed by atoms with E-state index in [0.29, 0.717) is 6.61 Å². The number of aromatic hydroxyl groups is 1. The van der Waals surface area contributed by atoms with Crippen molar-refractivity contribution in [2.75, 3.05) is 0 Å². The fraction of sp³-hybridized carbons (Fsp3) is 0.200. The molecule has 2 aromatic rings. The molecule has 0 aliphatic carbocycles. The summed E-state index contributed by atoms with van der Waals surface area (Å²) in [6, 6.07) is 13.1. The van der Waals surface area contributed by atoms with Gasteiger partial charge in [0.1, 0.15) is 18.1 Å². The van der Waals surface area contributed by atoms with Crippen LogP contribution < -0.4 is 4.74 Å². The van der Waals surface area contributed by atoms with E-state index in [1.807, 2.05) is 24.3 Å². The molecule has 0 unspecified atom stereocenters. The molecule has 1 N–H and O–H groups in total. The van der Waals surface area contributed by atoms with E-state index in [4.69, 9.17) is 4.74 Å². The van der Waals surface area contributed by atoms with Crippen molar-refractivity contribution in [3.8, 4) is 11.5 Å². The van der Waals surface area contributed by atoms with Crippen molar-refractivity contribution < 1.29 is 9.84 Å². The minimum absolute atomic E-state index is 0.278. The number of benzene rings is 2. The number of rotatable bonds is 3. The second-order valence-corrected chi connectivity index (χ2v) is 4.15. The first-order valence-corrected chi connectivity index (χ1v) is 5.64. The van der Waals surface area contributed by atoms with E-state index in [0.717, 1.165) is 11.3 Å². The van der Waals surface area contributed by atoms with Crippen LogP contribution in [-0.4, -0.2) is 5.11 Å². The Labute approximate surface area is 101 Å². The molecule has 0 saturated heterocycles. The monoisotopic (exact) mass is 228 g/mol. The molecule has 0 aliphatic heterocycles. The fourth-order valence-corrected chi connectivity index (χ4v) is 1.63. The van der Waals surface area contributed by atoms with Crippen molar-refractivity contribution >= 4 is 0 Å². The topological polar surface area (TPSA) is 29.5 Å². The number of phenolic OH excluding ortho intramolecular Hbond substituents is 1. The Bertz CT molecular complexity index is 501. The first kappa shape index (κ1) is 11.5. The van der Waals surface area contributed by atoms with E-state index >= 15 is 0 Å². The van der Waals surface area contributed by atoms with Crippen LogP contribution in [0.2, 0.25) is 0 Å². The molecule has 0 saturated carbocycles. The third-order valence-electron chi connectivity index (χ3n) is 2.89. The lowest BCUT2D eigenvalue weighted by atomic mass is 10.1. The van der Waals surface area contributed by atoms with Crippen LogP contribution in [-0.2, 0) is 6.61 Å². The Morgan fingerprint density at radius 3 is 2.41 bits per heavy atom. The van der Waals surface area contributed by atoms with Gasteiger partial charge < -0.3 is 9.84 Å². The lowest BCUT2D eigenvalue weighted by Crippen LogP contribution is -1.97. The van der Waals surface area contributed by atoms with E-state index in [1.165, 1.54) is 11.1 Å². The number of aryl methyl sites for hydroxylation is 1. The summed E-state index contributed by atoms with van der Waals surface area (Å²) in [5, 5.41) is 9.18. The Balaban J connectivity index is 2.07. The second-order valence-electron chi connectivity index (χ2n) is 4.15. The standard InChI is InChI=1S/C15H16O2/c1-11-4-3-5-15(12(11)2)17-10-13-6-8-14(16)9-7-13/h3-9,16H,10H2,1-2H3. The highest BCUT2D eigenvalue weighted by atomic mass is 16.5. The van der Waals surface area contributed by atoms with Crippen LogP contribution >= 0.6 is 0 Å². The third-order valence-corrected chi connectivity index (χ3v) is 2.89. The van der Waals surface area contributed by atoms with Crippen molar-refractivity contribution in [2.24, 2.45) is 0 Å². The van der Waals surface area contributed by atoms with E-state index < -0.39 is 0 Å². The SMILES string of the molecule is Cc1cccc(OCc2ccc(O)cc2)c1C. The van der Waals surface area contributed by atoms with Gasteiger partial charge in [0, 0.05) is 0 Å². The van der Waals surface area contributed by atoms with Gasteiger partial charge in [-0.25, -0.2) is 0 Å². The van der Waals surface area contributed by atoms with Gasteiger partial charge in [0.05, 0.1) is 0 Å². The lowest BCUT2D eigenvalue weighted by Gasteiger charge is -2.10. The predicted molar refractivity (Wildman–Crippen MR) is 68.4 cm³/mol. The molecule has 0 amide bonds. The predicted octanol–water partition coefficient (Wildman–Crippen LogP) is 3.59. The van der Waals surface area contributed by atoms with Gasteiger partial charge in [-0.1, -0.05) is 24.3 Å². The maximum atomic E-state index is 9.18. The molecular formula is C15H16O2. The second kappa shape index (κ2) is 4.91. The van der Waals surface area contributed by atoms with Crippen molar-refractivity contribution in [1.29, 1.82) is 0 Å². The van der Waals surface area contributed by atoms with Gasteiger partial charge in [-0.2, -0.15) is 0 Å². The average molecular weight is 228 g/mol. The maximum Gasteiger partial charge on any atom is 0.122 e. The van der Waals surface area contributed by atoms with Gasteiger partial charge >= 0.3 is 0 Å². The van der Waals surface area contributed by atoms with Crippen molar-refractivity contribution in [3.05, 3.63) is 59.2 Å². The maximum absolute atomic E-state index is 9.18. The Morgan fingerprint density at radius 2 is 1.71 bits per heavy atom. The highest BCUT2D eigenvalue weighted by Gasteiger charge is 2.02. The summed E-state index contributed by atoms with van der Waals surface area (Å²) in [6.07, 6.45) is 0. The normalized spacial score (nSPS) is 10.2. The number of phenols is 1. The summed E-state index contributed by atoms with van der Waals surface area (Å²) in [6.45, 7) is 4.65. The summed E-state index contributed by atoms with van der Waals surface area (Å²) in [5.41, 5.74) is 3.45. The first-order chi connectivity index (χ1) is 8.16. The smallest absolute Gasteiger partial charge is 0.122 e. The third kappa shape index (κ3) is 2.78. The minimum Gasteiger partial charge on any atom is -0.508 e. The van der Waals surface area contributed by atoms with Gasteiger partial charge in [-0.3, -0.25) is 0 Å². The molecule has 17 heavy (non-hydrogen) atoms. The van der Waals surface area contributed by atoms with Crippen LogP contribution in [0.15, 0.2) is 42.5 Å². The summed E-state index contributed by atoms with van der Waals surface area (Å²) in [5.74, 6) is 1.19. The van der Waals surface area contributed by atoms with E-state index in [-0.39, 0.29) is 5.75 Å². The molecule has 0 fully saturated rings. The van der Waals surface area contributed by atoms with Crippen LogP contribution in [0.25, 0.3) is 0 Å². The van der Waals surface area contributed by atoms with E-state index in [2.05, 4.69) is 19.9 Å². The molecular weight excluding hydrogens is 212 g/mol. The molecule has 0 atom stereocenters. The van der Waals surface area contributed by atoms with Crippen molar-refractivity contribution in [3.63, 3.8) is 0 Å². The van der Waals surface area contributed by atoms with E-state index in [9.17, 15) is 5.11 Å². The van der Waals surface area contributed by atoms with Gasteiger partial charge in [-0.15, -0.1) is 0 Å². The highest BCUT2D eigenvalue weighted by Crippen LogP contribution is 2.22. The Morgan fingerprint density at radius 1 is 1.00 bits per heavy atom. The van der Waals surface area contributed by atoms with Crippen LogP contribution in [0, 0.1) is 13.8 Å². The number of ether oxygens (including phenoxy) is 1. The average Bonchev–Trinajstić information content (AvgIpc) is 2.33. The van der Waals surface area contributed by atoms with Crippen LogP contribution in [0.5, 0.6) is 11.5 Å². The largest absolute Gasteiger partial charge is 0.508 e. The van der Waals surface area contributed by atoms with Crippen molar-refractivity contribution in [2.45, 2.75) is 20.5 Å². The minimum atomic E-state index is 0.278. The van der Waals surface area contributed by atoms with Crippen LogP contribution in [0.4, 0.5) is 0 Å². The van der Waals surface area contributed by atoms with Crippen LogP contribution in [0.3, 0.4) is 0 Å². The highest BCUT2D eigenvalue weighted by molar-refractivity contribution is 5.38. The molecule has 0 aliphatic rings. The Hall–Kier alpha value is -1.96. The molecule has 2 nitrogen and oxygen atoms in total. The summed E-state index contributed by atoms with van der Waals surface area (Å²) in [7, 11) is 0. The first-order valence-electron chi connectivity index (χ1n) is 5.64. The fourth-order valence-electron chi connectivity index (χ4n) is 1.63. The molecule has 0 radical (unpaired) electrons. The van der Waals surface area contributed by atoms with Gasteiger partial charge in [-0.05, 0) is 48.7 Å². The quantitative estimate of drug-likeness (QED) is 0.870. The summed E-state index contributed by atoms with van der Waals surface area (Å²) in [4.78, 5) is 0. The summed E-state index contributed by atoms with van der Waals surface area (Å²) < 4.78 is 5.76. The van der Waals surface area contributed by atoms with E-state index in [1.54, 1.807) is 12.1 Å². The number of hydrogen-bond donors (Lipinski definition) is 1. The lowest BCUT2D eigenvalue weighted by molar-refractivity contribution is 0.303. The van der Waals surface area contributed by atoms with Gasteiger partial charge in [0.25, 0.3) is 0 Å². The number of hydrogen-bond acceptors (Lipinski definition) is 2. The van der Waals surface area contributed by atoms with Gasteiger partial charge in [0.2, 0.25) is 0 Å². The molecule has 88 valence electrons. The molecule has 2 aromatic carbocycles. The van der Waals surface area contributed by atoms with Gasteiger partial charge in [0.15, 0.2) is 0 Å². The zero-order chi connectivity index (χ0) is 12.3. The molecule has 2 rings (SSSR count). The molecule has 0 bridgehead atoms. The zero-order valence-corrected chi connectivity index (χ0v) is 10.1. The summed E-state index contributed by atoms with van der Waals surface area (Å²) >= 11 is 0. The zero-order valence-electron chi connectivity index (χ0n) is 10.1. The Kier molecular flexibility index (Phi) is 3.33. The molecule has 2 heteroatoms.